The van der Waals surface area contributed by atoms with Gasteiger partial charge in [0.2, 0.25) is 39.6 Å². The number of nitrogens with zero attached hydrogens (tertiary/aromatic N) is 3. The maximum Gasteiger partial charge on any atom is 0.326 e. The summed E-state index contributed by atoms with van der Waals surface area (Å²) in [5.74, 6) is -5.85. The third-order valence-corrected chi connectivity index (χ3v) is 7.78. The molecule has 48 heavy (non-hydrogen) atoms. The summed E-state index contributed by atoms with van der Waals surface area (Å²) in [5.41, 5.74) is 0. The van der Waals surface area contributed by atoms with E-state index in [1.165, 1.54) is 7.11 Å². The van der Waals surface area contributed by atoms with Crippen molar-refractivity contribution in [2.45, 2.75) is 82.7 Å². The van der Waals surface area contributed by atoms with E-state index in [2.05, 4.69) is 41.9 Å². The number of aromatic nitrogens is 4. The van der Waals surface area contributed by atoms with Crippen molar-refractivity contribution in [3.63, 3.8) is 0 Å². The molecule has 21 nitrogen and oxygen atoms in total. The van der Waals surface area contributed by atoms with Crippen molar-refractivity contribution in [3.05, 3.63) is 5.82 Å². The van der Waals surface area contributed by atoms with E-state index in [9.17, 15) is 52.2 Å². The zero-order valence-corrected chi connectivity index (χ0v) is 27.3. The quantitative estimate of drug-likeness (QED) is 0.0449. The van der Waals surface area contributed by atoms with Gasteiger partial charge in [0.1, 0.15) is 17.9 Å². The van der Waals surface area contributed by atoms with E-state index in [-0.39, 0.29) is 71.1 Å². The second kappa shape index (κ2) is 22.7. The number of H-pyrrole nitrogens is 1. The highest BCUT2D eigenvalue weighted by Gasteiger charge is 2.24. The highest BCUT2D eigenvalue weighted by Crippen LogP contribution is 2.04. The standard InChI is InChI=1S/C26H43N9O12S/c1-47-15-14-28-21(37)11-9-17(25(41)42)30-23(39)12-10-18(26(43)44)29-22(38)7-3-13-27-20(36)8-4-16-48(45,46)33-24(40)6-2-5-19-31-34-35-32-19/h17-18H,2-16H2,1H3,(H,27,36)(H,28,37)(H,29,38)(H,30,39)(H,33,40)(H,41,42)(H,43,44)(H,31,32,34,35)/t17?,18-/m0/s1. The first kappa shape index (κ1) is 41.3. The van der Waals surface area contributed by atoms with E-state index < -0.39 is 75.8 Å². The van der Waals surface area contributed by atoms with Crippen LogP contribution in [0.3, 0.4) is 0 Å². The summed E-state index contributed by atoms with van der Waals surface area (Å²) in [4.78, 5) is 83.2. The third-order valence-electron chi connectivity index (χ3n) is 6.41. The number of tetrazole rings is 1. The van der Waals surface area contributed by atoms with E-state index in [1.54, 1.807) is 0 Å². The van der Waals surface area contributed by atoms with Crippen LogP contribution in [0.1, 0.15) is 70.0 Å². The van der Waals surface area contributed by atoms with Crippen LogP contribution in [-0.2, 0) is 54.7 Å². The SMILES string of the molecule is COCCNC(=O)CCC(NC(=O)CC[C@H](NC(=O)CCCNC(=O)CCCS(=O)(=O)NC(=O)CCCc1nnn[nH]1)C(=O)O)C(=O)O. The Labute approximate surface area is 276 Å². The number of rotatable bonds is 26. The Morgan fingerprint density at radius 3 is 1.88 bits per heavy atom. The zero-order valence-electron chi connectivity index (χ0n) is 26.5. The number of sulfonamides is 1. The number of hydrogen-bond donors (Lipinski definition) is 8. The summed E-state index contributed by atoms with van der Waals surface area (Å²) in [5, 5.41) is 41.2. The topological polar surface area (TPSA) is 318 Å². The van der Waals surface area contributed by atoms with Gasteiger partial charge in [-0.2, -0.15) is 0 Å². The second-order valence-electron chi connectivity index (χ2n) is 10.4. The number of hydrogen-bond acceptors (Lipinski definition) is 13. The van der Waals surface area contributed by atoms with Crippen LogP contribution in [0, 0.1) is 0 Å². The third kappa shape index (κ3) is 19.7. The molecule has 0 radical (unpaired) electrons. The van der Waals surface area contributed by atoms with Crippen LogP contribution in [0.4, 0.5) is 0 Å². The van der Waals surface area contributed by atoms with Crippen LogP contribution < -0.4 is 26.0 Å². The highest BCUT2D eigenvalue weighted by atomic mass is 32.2. The number of aryl methyl sites for hydroxylation is 1. The Morgan fingerprint density at radius 1 is 0.750 bits per heavy atom. The van der Waals surface area contributed by atoms with Gasteiger partial charge in [0.15, 0.2) is 0 Å². The van der Waals surface area contributed by atoms with Gasteiger partial charge in [0.25, 0.3) is 0 Å². The van der Waals surface area contributed by atoms with Crippen molar-refractivity contribution in [2.24, 2.45) is 0 Å². The molecule has 5 amide bonds. The first-order valence-corrected chi connectivity index (χ1v) is 16.7. The molecule has 0 aliphatic rings. The molecule has 0 aliphatic carbocycles. The minimum absolute atomic E-state index is 0.0393. The Balaban J connectivity index is 2.29. The lowest BCUT2D eigenvalue weighted by molar-refractivity contribution is -0.143. The molecule has 1 unspecified atom stereocenters. The highest BCUT2D eigenvalue weighted by molar-refractivity contribution is 7.90. The van der Waals surface area contributed by atoms with Crippen molar-refractivity contribution in [2.75, 3.05) is 32.6 Å². The molecule has 0 aliphatic heterocycles. The molecule has 1 aromatic heterocycles. The number of methoxy groups -OCH3 is 1. The Kier molecular flexibility index (Phi) is 19.6. The first-order valence-electron chi connectivity index (χ1n) is 15.0. The van der Waals surface area contributed by atoms with Gasteiger partial charge in [0, 0.05) is 58.7 Å². The molecule has 0 saturated carbocycles. The smallest absolute Gasteiger partial charge is 0.326 e. The molecule has 1 aromatic rings. The molecule has 22 heteroatoms. The van der Waals surface area contributed by atoms with Gasteiger partial charge >= 0.3 is 11.9 Å². The summed E-state index contributed by atoms with van der Waals surface area (Å²) in [6.07, 6.45) is -0.782. The minimum Gasteiger partial charge on any atom is -0.480 e. The molecule has 270 valence electrons. The van der Waals surface area contributed by atoms with Crippen molar-refractivity contribution in [1.29, 1.82) is 0 Å². The molecule has 8 N–H and O–H groups in total. The van der Waals surface area contributed by atoms with E-state index in [0.29, 0.717) is 18.7 Å². The summed E-state index contributed by atoms with van der Waals surface area (Å²) >= 11 is 0. The van der Waals surface area contributed by atoms with Gasteiger partial charge in [-0.3, -0.25) is 28.7 Å². The van der Waals surface area contributed by atoms with Gasteiger partial charge in [-0.15, -0.1) is 5.10 Å². The van der Waals surface area contributed by atoms with Crippen molar-refractivity contribution in [1.82, 2.24) is 46.6 Å². The largest absolute Gasteiger partial charge is 0.480 e. The van der Waals surface area contributed by atoms with E-state index in [1.807, 2.05) is 4.72 Å². The van der Waals surface area contributed by atoms with Crippen LogP contribution in [0.2, 0.25) is 0 Å². The van der Waals surface area contributed by atoms with Crippen LogP contribution in [0.25, 0.3) is 0 Å². The van der Waals surface area contributed by atoms with Crippen LogP contribution in [0.15, 0.2) is 0 Å². The fourth-order valence-corrected chi connectivity index (χ4v) is 5.02. The minimum atomic E-state index is -3.94. The molecule has 1 rings (SSSR count). The normalized spacial score (nSPS) is 12.3. The molecule has 2 atom stereocenters. The fraction of sp³-hybridized carbons (Fsp3) is 0.692. The summed E-state index contributed by atoms with van der Waals surface area (Å²) in [6, 6.07) is -2.82. The molecule has 0 aromatic carbocycles. The molecule has 0 bridgehead atoms. The van der Waals surface area contributed by atoms with E-state index in [4.69, 9.17) is 4.74 Å². The van der Waals surface area contributed by atoms with Gasteiger partial charge in [-0.25, -0.2) is 23.1 Å². The van der Waals surface area contributed by atoms with Gasteiger partial charge in [-0.05, 0) is 42.5 Å². The van der Waals surface area contributed by atoms with Crippen LogP contribution in [-0.4, -0.2) is 125 Å². The monoisotopic (exact) mass is 705 g/mol. The Morgan fingerprint density at radius 2 is 1.29 bits per heavy atom. The zero-order chi connectivity index (χ0) is 36.0. The number of aliphatic carboxylic acids is 2. The van der Waals surface area contributed by atoms with E-state index >= 15 is 0 Å². The summed E-state index contributed by atoms with van der Waals surface area (Å²) in [6.45, 7) is 0.550. The van der Waals surface area contributed by atoms with Gasteiger partial charge in [0.05, 0.1) is 12.4 Å². The summed E-state index contributed by atoms with van der Waals surface area (Å²) in [7, 11) is -2.49. The molecule has 0 saturated heterocycles. The lowest BCUT2D eigenvalue weighted by atomic mass is 10.1. The van der Waals surface area contributed by atoms with Gasteiger partial charge < -0.3 is 36.2 Å². The molecular formula is C26H43N9O12S. The predicted octanol–water partition coefficient (Wildman–Crippen LogP) is -2.89. The number of amides is 5. The first-order chi connectivity index (χ1) is 22.7. The van der Waals surface area contributed by atoms with E-state index in [0.717, 1.165) is 0 Å². The number of nitrogens with one attached hydrogen (secondary N) is 6. The lowest BCUT2D eigenvalue weighted by Crippen LogP contribution is -2.44. The summed E-state index contributed by atoms with van der Waals surface area (Å²) < 4.78 is 30.9. The molecule has 0 spiro atoms. The number of carbonyl (C=O) groups is 7. The average molecular weight is 706 g/mol. The van der Waals surface area contributed by atoms with Gasteiger partial charge in [-0.1, -0.05) is 0 Å². The molecule has 1 heterocycles. The number of ether oxygens (including phenoxy) is 1. The van der Waals surface area contributed by atoms with Crippen molar-refractivity contribution in [3.8, 4) is 0 Å². The number of aromatic amines is 1. The number of carboxylic acids is 2. The maximum atomic E-state index is 12.3. The molecule has 0 fully saturated rings. The van der Waals surface area contributed by atoms with Crippen molar-refractivity contribution >= 4 is 51.5 Å². The number of carbonyl (C=O) groups excluding carboxylic acids is 5. The Bertz CT molecular complexity index is 1330. The average Bonchev–Trinajstić information content (AvgIpc) is 3.52. The predicted molar refractivity (Wildman–Crippen MR) is 163 cm³/mol. The van der Waals surface area contributed by atoms with Crippen LogP contribution in [0.5, 0.6) is 0 Å². The maximum absolute atomic E-state index is 12.3. The number of carboxylic acid groups (broad SMARTS) is 2. The second-order valence-corrected chi connectivity index (χ2v) is 12.3. The molecular weight excluding hydrogens is 662 g/mol. The fourth-order valence-electron chi connectivity index (χ4n) is 3.94. The van der Waals surface area contributed by atoms with Crippen molar-refractivity contribution < 1.29 is 56.9 Å². The van der Waals surface area contributed by atoms with Crippen LogP contribution >= 0.6 is 0 Å². The lowest BCUT2D eigenvalue weighted by Gasteiger charge is -2.17. The Hall–Kier alpha value is -4.73.